The third kappa shape index (κ3) is 3.73. The number of anilines is 1. The lowest BCUT2D eigenvalue weighted by Gasteiger charge is -2.28. The highest BCUT2D eigenvalue weighted by Gasteiger charge is 2.29. The predicted octanol–water partition coefficient (Wildman–Crippen LogP) is 3.80. The minimum atomic E-state index is -0.675. The number of aromatic nitrogens is 2. The van der Waals surface area contributed by atoms with Crippen molar-refractivity contribution in [2.24, 2.45) is 5.73 Å². The second-order valence-electron chi connectivity index (χ2n) is 7.08. The number of nitrogens with one attached hydrogen (secondary N) is 1. The van der Waals surface area contributed by atoms with Crippen molar-refractivity contribution in [1.29, 1.82) is 0 Å². The Balaban J connectivity index is 1.62. The van der Waals surface area contributed by atoms with Gasteiger partial charge in [-0.05, 0) is 42.8 Å². The van der Waals surface area contributed by atoms with E-state index in [1.165, 1.54) is 12.1 Å². The van der Waals surface area contributed by atoms with E-state index >= 15 is 0 Å². The molecule has 1 aliphatic heterocycles. The van der Waals surface area contributed by atoms with Crippen molar-refractivity contribution in [3.8, 4) is 11.3 Å². The highest BCUT2D eigenvalue weighted by atomic mass is 35.5. The van der Waals surface area contributed by atoms with Crippen LogP contribution in [0, 0.1) is 12.7 Å². The summed E-state index contributed by atoms with van der Waals surface area (Å²) in [5.41, 5.74) is 8.58. The van der Waals surface area contributed by atoms with Gasteiger partial charge in [0.2, 0.25) is 0 Å². The summed E-state index contributed by atoms with van der Waals surface area (Å²) < 4.78 is 15.3. The number of nitrogens with two attached hydrogens (primary N) is 1. The van der Waals surface area contributed by atoms with Crippen LogP contribution in [0.25, 0.3) is 11.3 Å². The topological polar surface area (TPSA) is 93.2 Å². The first kappa shape index (κ1) is 19.9. The number of aryl methyl sites for hydroxylation is 1. The summed E-state index contributed by atoms with van der Waals surface area (Å²) in [6.45, 7) is 2.79. The van der Waals surface area contributed by atoms with Crippen molar-refractivity contribution in [2.45, 2.75) is 20.0 Å². The lowest BCUT2D eigenvalue weighted by Crippen LogP contribution is -2.41. The zero-order valence-electron chi connectivity index (χ0n) is 16.2. The van der Waals surface area contributed by atoms with E-state index in [1.54, 1.807) is 39.9 Å². The molecule has 0 bridgehead atoms. The first-order chi connectivity index (χ1) is 14.3. The third-order valence-electron chi connectivity index (χ3n) is 5.02. The summed E-state index contributed by atoms with van der Waals surface area (Å²) in [6.07, 6.45) is 0. The second-order valence-corrected chi connectivity index (χ2v) is 7.49. The fraction of sp³-hybridized carbons (Fsp3) is 0.190. The molecule has 2 aromatic carbocycles. The number of primary amides is 1. The first-order valence-electron chi connectivity index (χ1n) is 9.31. The quantitative estimate of drug-likeness (QED) is 0.665. The van der Waals surface area contributed by atoms with Crippen LogP contribution in [0.4, 0.5) is 14.9 Å². The monoisotopic (exact) mass is 427 g/mol. The molecule has 0 atom stereocenters. The molecule has 1 aromatic heterocycles. The zero-order valence-corrected chi connectivity index (χ0v) is 16.9. The van der Waals surface area contributed by atoms with Crippen LogP contribution >= 0.6 is 11.6 Å². The van der Waals surface area contributed by atoms with E-state index in [4.69, 9.17) is 17.3 Å². The smallest absolute Gasteiger partial charge is 0.322 e. The van der Waals surface area contributed by atoms with Crippen molar-refractivity contribution in [2.75, 3.05) is 11.9 Å². The summed E-state index contributed by atoms with van der Waals surface area (Å²) >= 11 is 6.03. The second kappa shape index (κ2) is 7.79. The molecule has 0 fully saturated rings. The van der Waals surface area contributed by atoms with Gasteiger partial charge in [0.1, 0.15) is 11.5 Å². The van der Waals surface area contributed by atoms with Crippen LogP contribution in [-0.4, -0.2) is 33.2 Å². The number of fused-ring (bicyclic) bond motifs is 1. The van der Waals surface area contributed by atoms with Gasteiger partial charge in [-0.3, -0.25) is 9.48 Å². The van der Waals surface area contributed by atoms with Gasteiger partial charge in [0.15, 0.2) is 0 Å². The number of benzene rings is 2. The van der Waals surface area contributed by atoms with Crippen LogP contribution in [0.1, 0.15) is 21.6 Å². The molecule has 0 unspecified atom stereocenters. The van der Waals surface area contributed by atoms with Crippen LogP contribution in [0.3, 0.4) is 0 Å². The maximum Gasteiger partial charge on any atom is 0.322 e. The number of hydrogen-bond acceptors (Lipinski definition) is 3. The number of amides is 3. The number of urea groups is 1. The van der Waals surface area contributed by atoms with Gasteiger partial charge < -0.3 is 16.0 Å². The Bertz CT molecular complexity index is 1160. The lowest BCUT2D eigenvalue weighted by molar-refractivity contribution is 0.0997. The van der Waals surface area contributed by atoms with Gasteiger partial charge in [0.05, 0.1) is 24.3 Å². The fourth-order valence-corrected chi connectivity index (χ4v) is 3.63. The summed E-state index contributed by atoms with van der Waals surface area (Å²) in [7, 11) is 0. The number of hydrogen-bond donors (Lipinski definition) is 2. The molecule has 0 spiro atoms. The van der Waals surface area contributed by atoms with Gasteiger partial charge in [-0.15, -0.1) is 0 Å². The standard InChI is InChI=1S/C21H19ClFN5O2/c1-12-9-15(5-6-16(12)22)25-21(30)27-7-8-28-17(11-27)18(20(24)29)19(26-28)13-3-2-4-14(23)10-13/h2-6,9-10H,7-8,11H2,1H3,(H2,24,29)(H,25,30). The molecule has 154 valence electrons. The van der Waals surface area contributed by atoms with Gasteiger partial charge in [0, 0.05) is 22.8 Å². The minimum absolute atomic E-state index is 0.152. The SMILES string of the molecule is Cc1cc(NC(=O)N2CCn3nc(-c4cccc(F)c4)c(C(N)=O)c3C2)ccc1Cl. The highest BCUT2D eigenvalue weighted by Crippen LogP contribution is 2.29. The molecule has 7 nitrogen and oxygen atoms in total. The maximum absolute atomic E-state index is 13.7. The minimum Gasteiger partial charge on any atom is -0.365 e. The van der Waals surface area contributed by atoms with Gasteiger partial charge in [-0.1, -0.05) is 23.7 Å². The van der Waals surface area contributed by atoms with Gasteiger partial charge in [-0.25, -0.2) is 9.18 Å². The molecule has 4 rings (SSSR count). The summed E-state index contributed by atoms with van der Waals surface area (Å²) in [6, 6.07) is 10.7. The van der Waals surface area contributed by atoms with Crippen LogP contribution in [0.2, 0.25) is 5.02 Å². The normalized spacial score (nSPS) is 13.1. The summed E-state index contributed by atoms with van der Waals surface area (Å²) in [5.74, 6) is -1.11. The predicted molar refractivity (Wildman–Crippen MR) is 112 cm³/mol. The van der Waals surface area contributed by atoms with Crippen LogP contribution in [-0.2, 0) is 13.1 Å². The molecule has 1 aliphatic rings. The van der Waals surface area contributed by atoms with E-state index in [9.17, 15) is 14.0 Å². The van der Waals surface area contributed by atoms with Gasteiger partial charge in [-0.2, -0.15) is 5.10 Å². The summed E-state index contributed by atoms with van der Waals surface area (Å²) in [5, 5.41) is 7.91. The van der Waals surface area contributed by atoms with Crippen molar-refractivity contribution in [1.82, 2.24) is 14.7 Å². The molecular formula is C21H19ClFN5O2. The Kier molecular flexibility index (Phi) is 5.17. The Labute approximate surface area is 177 Å². The molecule has 0 aliphatic carbocycles. The van der Waals surface area contributed by atoms with Gasteiger partial charge in [0.25, 0.3) is 5.91 Å². The summed E-state index contributed by atoms with van der Waals surface area (Å²) in [4.78, 5) is 26.5. The molecule has 0 saturated heterocycles. The largest absolute Gasteiger partial charge is 0.365 e. The van der Waals surface area contributed by atoms with E-state index in [0.29, 0.717) is 40.8 Å². The molecule has 0 saturated carbocycles. The average Bonchev–Trinajstić information content (AvgIpc) is 3.10. The Morgan fingerprint density at radius 2 is 2.00 bits per heavy atom. The number of carbonyl (C=O) groups excluding carboxylic acids is 2. The molecule has 2 heterocycles. The van der Waals surface area contributed by atoms with Crippen LogP contribution < -0.4 is 11.1 Å². The average molecular weight is 428 g/mol. The lowest BCUT2D eigenvalue weighted by atomic mass is 10.0. The Morgan fingerprint density at radius 3 is 2.70 bits per heavy atom. The van der Waals surface area contributed by atoms with Crippen molar-refractivity contribution < 1.29 is 14.0 Å². The van der Waals surface area contributed by atoms with E-state index in [0.717, 1.165) is 5.56 Å². The first-order valence-corrected chi connectivity index (χ1v) is 9.69. The van der Waals surface area contributed by atoms with Crippen molar-refractivity contribution in [3.63, 3.8) is 0 Å². The van der Waals surface area contributed by atoms with E-state index in [-0.39, 0.29) is 18.1 Å². The maximum atomic E-state index is 13.7. The Morgan fingerprint density at radius 1 is 1.20 bits per heavy atom. The fourth-order valence-electron chi connectivity index (χ4n) is 3.51. The van der Waals surface area contributed by atoms with E-state index < -0.39 is 11.7 Å². The zero-order chi connectivity index (χ0) is 21.4. The van der Waals surface area contributed by atoms with E-state index in [1.807, 2.05) is 6.92 Å². The molecule has 3 aromatic rings. The third-order valence-corrected chi connectivity index (χ3v) is 5.44. The van der Waals surface area contributed by atoms with E-state index in [2.05, 4.69) is 10.4 Å². The van der Waals surface area contributed by atoms with Crippen LogP contribution in [0.15, 0.2) is 42.5 Å². The molecule has 9 heteroatoms. The van der Waals surface area contributed by atoms with Gasteiger partial charge >= 0.3 is 6.03 Å². The van der Waals surface area contributed by atoms with Crippen molar-refractivity contribution in [3.05, 3.63) is 70.1 Å². The molecular weight excluding hydrogens is 409 g/mol. The number of halogens is 2. The molecule has 3 amide bonds. The van der Waals surface area contributed by atoms with Crippen molar-refractivity contribution >= 4 is 29.2 Å². The number of carbonyl (C=O) groups is 2. The molecule has 0 radical (unpaired) electrons. The highest BCUT2D eigenvalue weighted by molar-refractivity contribution is 6.31. The number of nitrogens with zero attached hydrogens (tertiary/aromatic N) is 3. The molecule has 30 heavy (non-hydrogen) atoms. The van der Waals surface area contributed by atoms with Crippen LogP contribution in [0.5, 0.6) is 0 Å². The molecule has 3 N–H and O–H groups in total. The number of rotatable bonds is 3. The Hall–Kier alpha value is -3.39.